The number of carbonyl (C=O) groups is 1. The number of halogens is 3. The lowest BCUT2D eigenvalue weighted by atomic mass is 9.95. The van der Waals surface area contributed by atoms with Crippen molar-refractivity contribution in [1.82, 2.24) is 19.9 Å². The van der Waals surface area contributed by atoms with E-state index in [4.69, 9.17) is 5.11 Å². The van der Waals surface area contributed by atoms with E-state index in [9.17, 15) is 18.0 Å². The third-order valence-corrected chi connectivity index (χ3v) is 5.36. The summed E-state index contributed by atoms with van der Waals surface area (Å²) in [5, 5.41) is 16.1. The van der Waals surface area contributed by atoms with Crippen LogP contribution < -0.4 is 5.32 Å². The Labute approximate surface area is 209 Å². The van der Waals surface area contributed by atoms with Crippen LogP contribution in [0.3, 0.4) is 0 Å². The van der Waals surface area contributed by atoms with Crippen LogP contribution in [0.4, 0.5) is 13.2 Å². The van der Waals surface area contributed by atoms with Crippen molar-refractivity contribution in [2.75, 3.05) is 13.2 Å². The van der Waals surface area contributed by atoms with Crippen LogP contribution >= 0.6 is 0 Å². The fraction of sp³-hybridized carbons (Fsp3) is 0.370. The van der Waals surface area contributed by atoms with Crippen LogP contribution in [0.15, 0.2) is 66.9 Å². The van der Waals surface area contributed by atoms with Gasteiger partial charge >= 0.3 is 6.18 Å². The van der Waals surface area contributed by atoms with Gasteiger partial charge in [0.05, 0.1) is 23.6 Å². The SMILES string of the molecule is C=C(CCC(/C=C\C)c1ccnc2cc(Cc3cccc(C(F)(F)F)c3)nn12)C(=O)NCCO.CC. The summed E-state index contributed by atoms with van der Waals surface area (Å²) < 4.78 is 40.8. The number of allylic oxidation sites excluding steroid dienone is 2. The van der Waals surface area contributed by atoms with Crippen molar-refractivity contribution < 1.29 is 23.1 Å². The van der Waals surface area contributed by atoms with E-state index < -0.39 is 11.7 Å². The molecule has 0 saturated carbocycles. The number of amides is 1. The minimum Gasteiger partial charge on any atom is -0.395 e. The molecule has 0 aliphatic carbocycles. The minimum absolute atomic E-state index is 0.0841. The lowest BCUT2D eigenvalue weighted by Crippen LogP contribution is -2.27. The number of carbonyl (C=O) groups excluding carboxylic acids is 1. The van der Waals surface area contributed by atoms with Gasteiger partial charge in [0, 0.05) is 36.7 Å². The largest absolute Gasteiger partial charge is 0.416 e. The molecule has 194 valence electrons. The number of aliphatic hydroxyl groups excluding tert-OH is 1. The van der Waals surface area contributed by atoms with Crippen LogP contribution in [0.5, 0.6) is 0 Å². The molecule has 2 heterocycles. The van der Waals surface area contributed by atoms with Crippen molar-refractivity contribution in [3.05, 3.63) is 89.4 Å². The number of rotatable bonds is 10. The third-order valence-electron chi connectivity index (χ3n) is 5.36. The Morgan fingerprint density at radius 3 is 2.67 bits per heavy atom. The fourth-order valence-corrected chi connectivity index (χ4v) is 3.71. The number of nitrogens with one attached hydrogen (secondary N) is 1. The van der Waals surface area contributed by atoms with Crippen LogP contribution in [0, 0.1) is 0 Å². The molecule has 0 aliphatic rings. The maximum Gasteiger partial charge on any atom is 0.416 e. The molecular formula is C27H33F3N4O2. The van der Waals surface area contributed by atoms with Crippen molar-refractivity contribution >= 4 is 11.6 Å². The number of hydrogen-bond acceptors (Lipinski definition) is 4. The second-order valence-electron chi connectivity index (χ2n) is 7.90. The van der Waals surface area contributed by atoms with E-state index in [1.807, 2.05) is 39.0 Å². The highest BCUT2D eigenvalue weighted by molar-refractivity contribution is 5.92. The summed E-state index contributed by atoms with van der Waals surface area (Å²) in [5.41, 5.74) is 2.28. The van der Waals surface area contributed by atoms with Crippen LogP contribution in [0.1, 0.15) is 62.0 Å². The van der Waals surface area contributed by atoms with Crippen LogP contribution in [-0.4, -0.2) is 38.8 Å². The van der Waals surface area contributed by atoms with Gasteiger partial charge < -0.3 is 10.4 Å². The van der Waals surface area contributed by atoms with Gasteiger partial charge in [0.1, 0.15) is 0 Å². The molecule has 1 aromatic carbocycles. The standard InChI is InChI=1S/C25H27F3N4O2.C2H6/c1-3-5-19(9-8-17(2)24(34)30-12-13-33)22-10-11-29-23-16-21(31-32(22)23)15-18-6-4-7-20(14-18)25(26,27)28;1-2/h3-7,10-11,14,16,19,33H,2,8-9,12-13,15H2,1H3,(H,30,34);1-2H3/b5-3-;. The Hall–Kier alpha value is -3.46. The monoisotopic (exact) mass is 502 g/mol. The Kier molecular flexibility index (Phi) is 10.9. The zero-order valence-electron chi connectivity index (χ0n) is 20.8. The summed E-state index contributed by atoms with van der Waals surface area (Å²) in [6.45, 7) is 9.77. The Morgan fingerprint density at radius 2 is 2.00 bits per heavy atom. The molecule has 0 radical (unpaired) electrons. The molecule has 0 spiro atoms. The molecule has 0 aliphatic heterocycles. The Bertz CT molecular complexity index is 1190. The Balaban J connectivity index is 0.00000222. The summed E-state index contributed by atoms with van der Waals surface area (Å²) in [6, 6.07) is 8.82. The molecule has 3 rings (SSSR count). The minimum atomic E-state index is -4.40. The molecule has 9 heteroatoms. The first-order chi connectivity index (χ1) is 17.2. The molecule has 1 unspecified atom stereocenters. The summed E-state index contributed by atoms with van der Waals surface area (Å²) in [6.07, 6.45) is 2.46. The van der Waals surface area contributed by atoms with E-state index in [0.717, 1.165) is 17.8 Å². The van der Waals surface area contributed by atoms with Crippen molar-refractivity contribution in [3.63, 3.8) is 0 Å². The Morgan fingerprint density at radius 1 is 1.25 bits per heavy atom. The van der Waals surface area contributed by atoms with Crippen molar-refractivity contribution in [2.45, 2.75) is 52.1 Å². The molecule has 2 N–H and O–H groups in total. The van der Waals surface area contributed by atoms with Gasteiger partial charge in [-0.3, -0.25) is 4.79 Å². The molecule has 36 heavy (non-hydrogen) atoms. The number of aliphatic hydroxyl groups is 1. The molecule has 2 aromatic heterocycles. The normalized spacial score (nSPS) is 12.3. The first kappa shape index (κ1) is 28.8. The maximum absolute atomic E-state index is 13.1. The summed E-state index contributed by atoms with van der Waals surface area (Å²) in [7, 11) is 0. The summed E-state index contributed by atoms with van der Waals surface area (Å²) in [5.74, 6) is -0.380. The highest BCUT2D eigenvalue weighted by atomic mass is 19.4. The second-order valence-corrected chi connectivity index (χ2v) is 7.90. The van der Waals surface area contributed by atoms with E-state index >= 15 is 0 Å². The predicted octanol–water partition coefficient (Wildman–Crippen LogP) is 5.47. The number of aromatic nitrogens is 3. The molecule has 0 bridgehead atoms. The zero-order chi connectivity index (χ0) is 26.7. The predicted molar refractivity (Wildman–Crippen MR) is 135 cm³/mol. The van der Waals surface area contributed by atoms with Crippen LogP contribution in [0.25, 0.3) is 5.65 Å². The molecule has 0 saturated heterocycles. The van der Waals surface area contributed by atoms with Crippen LogP contribution in [-0.2, 0) is 17.4 Å². The van der Waals surface area contributed by atoms with Crippen molar-refractivity contribution in [3.8, 4) is 0 Å². The summed E-state index contributed by atoms with van der Waals surface area (Å²) >= 11 is 0. The second kappa shape index (κ2) is 13.6. The number of fused-ring (bicyclic) bond motifs is 1. The van der Waals surface area contributed by atoms with Crippen LogP contribution in [0.2, 0.25) is 0 Å². The third kappa shape index (κ3) is 7.78. The molecule has 3 aromatic rings. The highest BCUT2D eigenvalue weighted by Crippen LogP contribution is 2.30. The van der Waals surface area contributed by atoms with E-state index in [-0.39, 0.29) is 31.4 Å². The smallest absolute Gasteiger partial charge is 0.395 e. The first-order valence-corrected chi connectivity index (χ1v) is 11.9. The number of nitrogens with zero attached hydrogens (tertiary/aromatic N) is 3. The fourth-order valence-electron chi connectivity index (χ4n) is 3.71. The van der Waals surface area contributed by atoms with Gasteiger partial charge in [0.25, 0.3) is 0 Å². The molecule has 0 fully saturated rings. The van der Waals surface area contributed by atoms with E-state index in [1.54, 1.807) is 22.8 Å². The van der Waals surface area contributed by atoms with Gasteiger partial charge in [0.15, 0.2) is 5.65 Å². The van der Waals surface area contributed by atoms with Gasteiger partial charge in [-0.05, 0) is 37.5 Å². The number of benzene rings is 1. The summed E-state index contributed by atoms with van der Waals surface area (Å²) in [4.78, 5) is 16.4. The molecule has 1 atom stereocenters. The van der Waals surface area contributed by atoms with Gasteiger partial charge in [-0.2, -0.15) is 18.3 Å². The molecule has 1 amide bonds. The topological polar surface area (TPSA) is 79.5 Å². The average molecular weight is 503 g/mol. The quantitative estimate of drug-likeness (QED) is 0.285. The van der Waals surface area contributed by atoms with Crippen molar-refractivity contribution in [2.24, 2.45) is 0 Å². The maximum atomic E-state index is 13.1. The van der Waals surface area contributed by atoms with E-state index in [2.05, 4.69) is 22.0 Å². The van der Waals surface area contributed by atoms with Gasteiger partial charge in [-0.15, -0.1) is 0 Å². The average Bonchev–Trinajstić information content (AvgIpc) is 3.28. The lowest BCUT2D eigenvalue weighted by molar-refractivity contribution is -0.137. The highest BCUT2D eigenvalue weighted by Gasteiger charge is 2.30. The first-order valence-electron chi connectivity index (χ1n) is 11.9. The van der Waals surface area contributed by atoms with Gasteiger partial charge in [-0.1, -0.05) is 50.8 Å². The molecular weight excluding hydrogens is 469 g/mol. The number of alkyl halides is 3. The zero-order valence-corrected chi connectivity index (χ0v) is 20.8. The van der Waals surface area contributed by atoms with E-state index in [1.165, 1.54) is 6.07 Å². The lowest BCUT2D eigenvalue weighted by Gasteiger charge is -2.15. The van der Waals surface area contributed by atoms with E-state index in [0.29, 0.717) is 35.3 Å². The van der Waals surface area contributed by atoms with Gasteiger partial charge in [0.2, 0.25) is 5.91 Å². The van der Waals surface area contributed by atoms with Crippen molar-refractivity contribution in [1.29, 1.82) is 0 Å². The van der Waals surface area contributed by atoms with Gasteiger partial charge in [-0.25, -0.2) is 9.50 Å². The number of hydrogen-bond donors (Lipinski definition) is 2. The molecule has 6 nitrogen and oxygen atoms in total.